The lowest BCUT2D eigenvalue weighted by Gasteiger charge is -2.08. The number of unbranched alkanes of at least 4 members (excludes halogenated alkanes) is 2. The fraction of sp³-hybridized carbons (Fsp3) is 0.900. The third-order valence-electron chi connectivity index (χ3n) is 2.04. The zero-order valence-electron chi connectivity index (χ0n) is 8.27. The van der Waals surface area contributed by atoms with Crippen LogP contribution in [0.2, 0.25) is 0 Å². The highest BCUT2D eigenvalue weighted by Crippen LogP contribution is 2.05. The van der Waals surface area contributed by atoms with E-state index in [1.54, 1.807) is 0 Å². The molecule has 0 fully saturated rings. The highest BCUT2D eigenvalue weighted by molar-refractivity contribution is 5.81. The van der Waals surface area contributed by atoms with Gasteiger partial charge in [0.15, 0.2) is 0 Å². The average Bonchev–Trinajstić information content (AvgIpc) is 2.05. The first kappa shape index (κ1) is 11.6. The van der Waals surface area contributed by atoms with Crippen LogP contribution in [0.5, 0.6) is 0 Å². The maximum absolute atomic E-state index is 9.24. The molecule has 0 aliphatic carbocycles. The van der Waals surface area contributed by atoms with Crippen LogP contribution >= 0.6 is 0 Å². The molecule has 0 rings (SSSR count). The zero-order chi connectivity index (χ0) is 9.40. The summed E-state index contributed by atoms with van der Waals surface area (Å²) in [6.07, 6.45) is 5.40. The highest BCUT2D eigenvalue weighted by atomic mass is 16.3. The quantitative estimate of drug-likeness (QED) is 0.449. The Labute approximate surface area is 75.5 Å². The highest BCUT2D eigenvalue weighted by Gasteiger charge is 2.04. The maximum Gasteiger partial charge on any atom is 0.0589 e. The van der Waals surface area contributed by atoms with E-state index in [-0.39, 0.29) is 6.10 Å². The molecule has 0 saturated heterocycles. The lowest BCUT2D eigenvalue weighted by Crippen LogP contribution is -2.11. The second-order valence-corrected chi connectivity index (χ2v) is 3.33. The first-order chi connectivity index (χ1) is 5.70. The van der Waals surface area contributed by atoms with E-state index in [0.29, 0.717) is 12.1 Å². The van der Waals surface area contributed by atoms with Gasteiger partial charge in [-0.2, -0.15) is 0 Å². The largest absolute Gasteiger partial charge is 0.393 e. The molecule has 0 saturated carbocycles. The minimum Gasteiger partial charge on any atom is -0.393 e. The van der Waals surface area contributed by atoms with Gasteiger partial charge in [-0.15, -0.1) is 0 Å². The number of aliphatic hydroxyl groups excluding tert-OH is 1. The van der Waals surface area contributed by atoms with Crippen molar-refractivity contribution in [3.63, 3.8) is 0 Å². The average molecular weight is 171 g/mol. The third-order valence-corrected chi connectivity index (χ3v) is 2.04. The predicted octanol–water partition coefficient (Wildman–Crippen LogP) is 2.75. The van der Waals surface area contributed by atoms with Gasteiger partial charge in [-0.05, 0) is 19.3 Å². The molecule has 2 heteroatoms. The third kappa shape index (κ3) is 6.35. The molecular formula is C10H21NO. The van der Waals surface area contributed by atoms with Crippen molar-refractivity contribution in [2.45, 2.75) is 58.5 Å². The van der Waals surface area contributed by atoms with E-state index >= 15 is 0 Å². The molecule has 0 bridgehead atoms. The second kappa shape index (κ2) is 7.29. The molecule has 0 aromatic carbocycles. The Morgan fingerprint density at radius 3 is 2.50 bits per heavy atom. The van der Waals surface area contributed by atoms with Crippen LogP contribution in [0.4, 0.5) is 0 Å². The van der Waals surface area contributed by atoms with Crippen molar-refractivity contribution in [1.29, 1.82) is 5.41 Å². The van der Waals surface area contributed by atoms with Gasteiger partial charge in [0.25, 0.3) is 0 Å². The lowest BCUT2D eigenvalue weighted by atomic mass is 10.0. The van der Waals surface area contributed by atoms with Crippen LogP contribution in [0.1, 0.15) is 52.4 Å². The fourth-order valence-corrected chi connectivity index (χ4v) is 1.12. The van der Waals surface area contributed by atoms with Crippen molar-refractivity contribution in [1.82, 2.24) is 0 Å². The summed E-state index contributed by atoms with van der Waals surface area (Å²) in [7, 11) is 0. The molecule has 0 radical (unpaired) electrons. The van der Waals surface area contributed by atoms with Crippen LogP contribution in [0.25, 0.3) is 0 Å². The summed E-state index contributed by atoms with van der Waals surface area (Å²) in [5.74, 6) is 0. The Morgan fingerprint density at radius 1 is 1.33 bits per heavy atom. The van der Waals surface area contributed by atoms with Crippen molar-refractivity contribution in [3.8, 4) is 0 Å². The standard InChI is InChI=1S/C10H21NO/c1-3-5-6-7-9(11)8-10(12)4-2/h10-12H,3-8H2,1-2H3. The van der Waals surface area contributed by atoms with E-state index in [2.05, 4.69) is 6.92 Å². The van der Waals surface area contributed by atoms with E-state index in [4.69, 9.17) is 5.41 Å². The van der Waals surface area contributed by atoms with Crippen molar-refractivity contribution >= 4 is 5.71 Å². The molecule has 0 aromatic heterocycles. The van der Waals surface area contributed by atoms with Gasteiger partial charge in [0, 0.05) is 12.1 Å². The normalized spacial score (nSPS) is 12.9. The SMILES string of the molecule is CCCCCC(=N)CC(O)CC. The van der Waals surface area contributed by atoms with Crippen molar-refractivity contribution in [2.24, 2.45) is 0 Å². The van der Waals surface area contributed by atoms with Crippen molar-refractivity contribution in [2.75, 3.05) is 0 Å². The number of nitrogens with one attached hydrogen (secondary N) is 1. The number of hydrogen-bond donors (Lipinski definition) is 2. The van der Waals surface area contributed by atoms with Gasteiger partial charge >= 0.3 is 0 Å². The molecule has 0 aliphatic heterocycles. The van der Waals surface area contributed by atoms with Gasteiger partial charge < -0.3 is 10.5 Å². The summed E-state index contributed by atoms with van der Waals surface area (Å²) in [5.41, 5.74) is 0.706. The topological polar surface area (TPSA) is 44.1 Å². The molecule has 0 heterocycles. The summed E-state index contributed by atoms with van der Waals surface area (Å²) in [6, 6.07) is 0. The summed E-state index contributed by atoms with van der Waals surface area (Å²) in [4.78, 5) is 0. The number of aliphatic hydroxyl groups is 1. The molecule has 0 aromatic rings. The summed E-state index contributed by atoms with van der Waals surface area (Å²) in [6.45, 7) is 4.11. The summed E-state index contributed by atoms with van der Waals surface area (Å²) < 4.78 is 0. The minimum atomic E-state index is -0.292. The predicted molar refractivity (Wildman–Crippen MR) is 52.8 cm³/mol. The summed E-state index contributed by atoms with van der Waals surface area (Å²) >= 11 is 0. The molecule has 1 atom stereocenters. The van der Waals surface area contributed by atoms with Gasteiger partial charge in [-0.1, -0.05) is 26.7 Å². The van der Waals surface area contributed by atoms with Crippen LogP contribution in [-0.2, 0) is 0 Å². The van der Waals surface area contributed by atoms with E-state index in [1.165, 1.54) is 12.8 Å². The zero-order valence-corrected chi connectivity index (χ0v) is 8.27. The second-order valence-electron chi connectivity index (χ2n) is 3.33. The smallest absolute Gasteiger partial charge is 0.0589 e. The molecule has 0 aliphatic rings. The Hall–Kier alpha value is -0.370. The van der Waals surface area contributed by atoms with E-state index in [9.17, 15) is 5.11 Å². The minimum absolute atomic E-state index is 0.292. The molecule has 12 heavy (non-hydrogen) atoms. The first-order valence-corrected chi connectivity index (χ1v) is 4.95. The molecule has 1 unspecified atom stereocenters. The van der Waals surface area contributed by atoms with Crippen LogP contribution in [-0.4, -0.2) is 16.9 Å². The number of rotatable bonds is 7. The van der Waals surface area contributed by atoms with E-state index < -0.39 is 0 Å². The Balaban J connectivity index is 3.33. The first-order valence-electron chi connectivity index (χ1n) is 4.95. The van der Waals surface area contributed by atoms with Gasteiger partial charge in [-0.25, -0.2) is 0 Å². The number of hydrogen-bond acceptors (Lipinski definition) is 2. The van der Waals surface area contributed by atoms with Gasteiger partial charge in [0.1, 0.15) is 0 Å². The molecule has 0 amide bonds. The monoisotopic (exact) mass is 171 g/mol. The van der Waals surface area contributed by atoms with Gasteiger partial charge in [-0.3, -0.25) is 0 Å². The Morgan fingerprint density at radius 2 is 2.00 bits per heavy atom. The van der Waals surface area contributed by atoms with Crippen molar-refractivity contribution < 1.29 is 5.11 Å². The molecule has 2 N–H and O–H groups in total. The molecular weight excluding hydrogens is 150 g/mol. The molecule has 2 nitrogen and oxygen atoms in total. The molecule has 0 spiro atoms. The van der Waals surface area contributed by atoms with Gasteiger partial charge in [0.2, 0.25) is 0 Å². The van der Waals surface area contributed by atoms with Crippen LogP contribution in [0.3, 0.4) is 0 Å². The lowest BCUT2D eigenvalue weighted by molar-refractivity contribution is 0.177. The Bertz CT molecular complexity index is 123. The fourth-order valence-electron chi connectivity index (χ4n) is 1.12. The van der Waals surface area contributed by atoms with Crippen LogP contribution in [0, 0.1) is 5.41 Å². The summed E-state index contributed by atoms with van der Waals surface area (Å²) in [5, 5.41) is 16.8. The maximum atomic E-state index is 9.24. The van der Waals surface area contributed by atoms with Gasteiger partial charge in [0.05, 0.1) is 6.10 Å². The van der Waals surface area contributed by atoms with Crippen molar-refractivity contribution in [3.05, 3.63) is 0 Å². The van der Waals surface area contributed by atoms with Crippen LogP contribution in [0.15, 0.2) is 0 Å². The Kier molecular flexibility index (Phi) is 7.06. The van der Waals surface area contributed by atoms with Crippen LogP contribution < -0.4 is 0 Å². The van der Waals surface area contributed by atoms with E-state index in [0.717, 1.165) is 19.3 Å². The van der Waals surface area contributed by atoms with E-state index in [1.807, 2.05) is 6.92 Å². The molecule has 72 valence electrons.